The van der Waals surface area contributed by atoms with Gasteiger partial charge in [0.05, 0.1) is 12.1 Å². The number of rotatable bonds is 6. The maximum atomic E-state index is 12.0. The maximum absolute atomic E-state index is 12.0. The van der Waals surface area contributed by atoms with Crippen molar-refractivity contribution in [2.24, 2.45) is 5.73 Å². The van der Waals surface area contributed by atoms with Crippen LogP contribution in [0.1, 0.15) is 33.7 Å². The molecule has 0 fully saturated rings. The molecule has 0 aliphatic carbocycles. The summed E-state index contributed by atoms with van der Waals surface area (Å²) in [5.74, 6) is 0.527. The molecule has 122 valence electrons. The highest BCUT2D eigenvalue weighted by Crippen LogP contribution is 2.18. The molecule has 5 heteroatoms. The standard InChI is InChI=1S/C18H23N3O2/c19-11-17-10-16(13-23-17)18(22)20-7-3-8-21-9-6-14-4-1-2-5-15(14)12-21/h1-2,4-5,10,13H,3,6-9,11-12,19H2,(H,20,22). The Kier molecular flexibility index (Phi) is 5.10. The lowest BCUT2D eigenvalue weighted by Gasteiger charge is -2.28. The molecule has 2 aromatic rings. The lowest BCUT2D eigenvalue weighted by Crippen LogP contribution is -2.33. The summed E-state index contributed by atoms with van der Waals surface area (Å²) >= 11 is 0. The second-order valence-electron chi connectivity index (χ2n) is 5.91. The van der Waals surface area contributed by atoms with Gasteiger partial charge in [-0.2, -0.15) is 0 Å². The van der Waals surface area contributed by atoms with Crippen molar-refractivity contribution < 1.29 is 9.21 Å². The average Bonchev–Trinajstić information content (AvgIpc) is 3.07. The average molecular weight is 313 g/mol. The topological polar surface area (TPSA) is 71.5 Å². The van der Waals surface area contributed by atoms with Crippen LogP contribution in [0.15, 0.2) is 41.0 Å². The van der Waals surface area contributed by atoms with Gasteiger partial charge in [0, 0.05) is 26.2 Å². The van der Waals surface area contributed by atoms with Crippen molar-refractivity contribution >= 4 is 5.91 Å². The highest BCUT2D eigenvalue weighted by Gasteiger charge is 2.15. The SMILES string of the molecule is NCc1cc(C(=O)NCCCN2CCc3ccccc3C2)co1. The monoisotopic (exact) mass is 313 g/mol. The van der Waals surface area contributed by atoms with Crippen LogP contribution in [-0.2, 0) is 19.5 Å². The number of carbonyl (C=O) groups excluding carboxylic acids is 1. The molecule has 1 aromatic heterocycles. The first-order valence-electron chi connectivity index (χ1n) is 8.11. The van der Waals surface area contributed by atoms with Gasteiger partial charge in [-0.15, -0.1) is 0 Å². The van der Waals surface area contributed by atoms with Gasteiger partial charge in [0.1, 0.15) is 12.0 Å². The van der Waals surface area contributed by atoms with Crippen LogP contribution < -0.4 is 11.1 Å². The van der Waals surface area contributed by atoms with Crippen molar-refractivity contribution in [3.05, 3.63) is 59.0 Å². The zero-order valence-corrected chi connectivity index (χ0v) is 13.3. The normalized spacial score (nSPS) is 14.5. The van der Waals surface area contributed by atoms with E-state index in [1.165, 1.54) is 17.4 Å². The summed E-state index contributed by atoms with van der Waals surface area (Å²) in [6.45, 7) is 4.07. The zero-order chi connectivity index (χ0) is 16.1. The molecule has 3 N–H and O–H groups in total. The molecule has 2 heterocycles. The molecule has 1 aliphatic heterocycles. The summed E-state index contributed by atoms with van der Waals surface area (Å²) in [5.41, 5.74) is 8.90. The first-order chi connectivity index (χ1) is 11.3. The van der Waals surface area contributed by atoms with Gasteiger partial charge in [0.15, 0.2) is 0 Å². The van der Waals surface area contributed by atoms with E-state index >= 15 is 0 Å². The number of nitrogens with one attached hydrogen (secondary N) is 1. The Hall–Kier alpha value is -2.11. The Bertz CT molecular complexity index is 666. The molecule has 0 atom stereocenters. The van der Waals surface area contributed by atoms with Crippen LogP contribution >= 0.6 is 0 Å². The first kappa shape index (κ1) is 15.8. The van der Waals surface area contributed by atoms with Crippen LogP contribution in [0.2, 0.25) is 0 Å². The van der Waals surface area contributed by atoms with Gasteiger partial charge in [-0.25, -0.2) is 0 Å². The molecular formula is C18H23N3O2. The predicted octanol–water partition coefficient (Wildman–Crippen LogP) is 1.92. The van der Waals surface area contributed by atoms with Gasteiger partial charge in [0.2, 0.25) is 0 Å². The Balaban J connectivity index is 1.39. The van der Waals surface area contributed by atoms with Crippen molar-refractivity contribution in [3.8, 4) is 0 Å². The maximum Gasteiger partial charge on any atom is 0.254 e. The van der Waals surface area contributed by atoms with Crippen LogP contribution in [-0.4, -0.2) is 30.4 Å². The molecule has 0 bridgehead atoms. The number of benzene rings is 1. The van der Waals surface area contributed by atoms with Gasteiger partial charge in [-0.3, -0.25) is 9.69 Å². The quantitative estimate of drug-likeness (QED) is 0.799. The Morgan fingerprint density at radius 2 is 2.13 bits per heavy atom. The van der Waals surface area contributed by atoms with Crippen LogP contribution in [0.3, 0.4) is 0 Å². The second-order valence-corrected chi connectivity index (χ2v) is 5.91. The minimum atomic E-state index is -0.0996. The molecule has 3 rings (SSSR count). The first-order valence-corrected chi connectivity index (χ1v) is 8.11. The van der Waals surface area contributed by atoms with Crippen LogP contribution in [0.4, 0.5) is 0 Å². The van der Waals surface area contributed by atoms with E-state index in [-0.39, 0.29) is 5.91 Å². The molecule has 23 heavy (non-hydrogen) atoms. The fraction of sp³-hybridized carbons (Fsp3) is 0.389. The van der Waals surface area contributed by atoms with E-state index in [4.69, 9.17) is 10.2 Å². The Morgan fingerprint density at radius 1 is 1.30 bits per heavy atom. The van der Waals surface area contributed by atoms with Crippen molar-refractivity contribution in [2.75, 3.05) is 19.6 Å². The Morgan fingerprint density at radius 3 is 2.91 bits per heavy atom. The number of carbonyl (C=O) groups is 1. The van der Waals surface area contributed by atoms with Gasteiger partial charge in [-0.05, 0) is 30.0 Å². The van der Waals surface area contributed by atoms with Gasteiger partial charge < -0.3 is 15.5 Å². The fourth-order valence-corrected chi connectivity index (χ4v) is 2.96. The van der Waals surface area contributed by atoms with E-state index in [0.29, 0.717) is 24.4 Å². The molecule has 0 unspecified atom stereocenters. The smallest absolute Gasteiger partial charge is 0.254 e. The van der Waals surface area contributed by atoms with Crippen LogP contribution in [0.25, 0.3) is 0 Å². The molecule has 0 saturated carbocycles. The van der Waals surface area contributed by atoms with E-state index in [2.05, 4.69) is 34.5 Å². The van der Waals surface area contributed by atoms with Crippen molar-refractivity contribution in [2.45, 2.75) is 25.9 Å². The van der Waals surface area contributed by atoms with Crippen LogP contribution in [0.5, 0.6) is 0 Å². The summed E-state index contributed by atoms with van der Waals surface area (Å²) in [4.78, 5) is 14.4. The van der Waals surface area contributed by atoms with Crippen molar-refractivity contribution in [1.82, 2.24) is 10.2 Å². The molecule has 1 amide bonds. The summed E-state index contributed by atoms with van der Waals surface area (Å²) < 4.78 is 5.18. The number of hydrogen-bond donors (Lipinski definition) is 2. The molecule has 0 saturated heterocycles. The van der Waals surface area contributed by atoms with Gasteiger partial charge >= 0.3 is 0 Å². The lowest BCUT2D eigenvalue weighted by molar-refractivity contribution is 0.0950. The zero-order valence-electron chi connectivity index (χ0n) is 13.3. The third kappa shape index (κ3) is 4.00. The number of fused-ring (bicyclic) bond motifs is 1. The number of nitrogens with zero attached hydrogens (tertiary/aromatic N) is 1. The number of hydrogen-bond acceptors (Lipinski definition) is 4. The van der Waals surface area contributed by atoms with Crippen molar-refractivity contribution in [1.29, 1.82) is 0 Å². The van der Waals surface area contributed by atoms with E-state index in [1.807, 2.05) is 0 Å². The number of furan rings is 1. The molecule has 1 aromatic carbocycles. The number of amides is 1. The lowest BCUT2D eigenvalue weighted by atomic mass is 10.00. The summed E-state index contributed by atoms with van der Waals surface area (Å²) in [5, 5.41) is 2.93. The molecule has 1 aliphatic rings. The minimum absolute atomic E-state index is 0.0996. The predicted molar refractivity (Wildman–Crippen MR) is 89.0 cm³/mol. The van der Waals surface area contributed by atoms with Gasteiger partial charge in [0.25, 0.3) is 5.91 Å². The second kappa shape index (κ2) is 7.44. The van der Waals surface area contributed by atoms with E-state index in [1.54, 1.807) is 6.07 Å². The third-order valence-corrected chi connectivity index (χ3v) is 4.26. The molecule has 0 radical (unpaired) electrons. The van der Waals surface area contributed by atoms with Crippen molar-refractivity contribution in [3.63, 3.8) is 0 Å². The molecule has 0 spiro atoms. The third-order valence-electron chi connectivity index (χ3n) is 4.26. The molecular weight excluding hydrogens is 290 g/mol. The highest BCUT2D eigenvalue weighted by molar-refractivity contribution is 5.93. The number of nitrogens with two attached hydrogens (primary N) is 1. The highest BCUT2D eigenvalue weighted by atomic mass is 16.3. The largest absolute Gasteiger partial charge is 0.467 e. The fourth-order valence-electron chi connectivity index (χ4n) is 2.96. The Labute approximate surface area is 136 Å². The van der Waals surface area contributed by atoms with E-state index in [0.717, 1.165) is 32.5 Å². The molecule has 5 nitrogen and oxygen atoms in total. The van der Waals surface area contributed by atoms with Crippen LogP contribution in [0, 0.1) is 0 Å². The minimum Gasteiger partial charge on any atom is -0.467 e. The summed E-state index contributed by atoms with van der Waals surface area (Å²) in [7, 11) is 0. The van der Waals surface area contributed by atoms with E-state index < -0.39 is 0 Å². The van der Waals surface area contributed by atoms with Gasteiger partial charge in [-0.1, -0.05) is 24.3 Å². The van der Waals surface area contributed by atoms with E-state index in [9.17, 15) is 4.79 Å². The summed E-state index contributed by atoms with van der Waals surface area (Å²) in [6, 6.07) is 10.3. The summed E-state index contributed by atoms with van der Waals surface area (Å²) in [6.07, 6.45) is 3.51.